The Morgan fingerprint density at radius 3 is 2.42 bits per heavy atom. The molecule has 2 heterocycles. The van der Waals surface area contributed by atoms with Crippen LogP contribution in [0.5, 0.6) is 0 Å². The number of aromatic nitrogens is 4. The Balaban J connectivity index is 1.54. The van der Waals surface area contributed by atoms with Gasteiger partial charge in [-0.2, -0.15) is 10.2 Å². The van der Waals surface area contributed by atoms with Gasteiger partial charge in [-0.1, -0.05) is 0 Å². The van der Waals surface area contributed by atoms with Crippen LogP contribution in [0.4, 0.5) is 19.0 Å². The summed E-state index contributed by atoms with van der Waals surface area (Å²) in [7, 11) is 0. The van der Waals surface area contributed by atoms with Crippen molar-refractivity contribution in [2.45, 2.75) is 33.7 Å². The zero-order valence-electron chi connectivity index (χ0n) is 18.4. The average molecular weight is 453 g/mol. The standard InChI is InChI=1S/C24H22F3N5O/c1-14-12-28-31(13-17-10-19(26)6-9-22(17)27)24(14)29-23(33)11-21-15(2)30-32(16(21)3)20-7-4-18(25)5-8-20/h4-10,12H,11,13H2,1-3H3,(H,29,33). The lowest BCUT2D eigenvalue weighted by atomic mass is 10.1. The zero-order valence-corrected chi connectivity index (χ0v) is 18.4. The molecule has 2 aromatic carbocycles. The molecular weight excluding hydrogens is 431 g/mol. The molecule has 33 heavy (non-hydrogen) atoms. The SMILES string of the molecule is Cc1cnn(Cc2cc(F)ccc2F)c1NC(=O)Cc1c(C)nn(-c2ccc(F)cc2)c1C. The van der Waals surface area contributed by atoms with E-state index in [0.29, 0.717) is 22.8 Å². The molecule has 1 N–H and O–H groups in total. The Labute approximate surface area is 188 Å². The molecule has 6 nitrogen and oxygen atoms in total. The van der Waals surface area contributed by atoms with Gasteiger partial charge in [0, 0.05) is 22.4 Å². The van der Waals surface area contributed by atoms with Gasteiger partial charge < -0.3 is 5.32 Å². The van der Waals surface area contributed by atoms with Crippen molar-refractivity contribution in [2.75, 3.05) is 5.32 Å². The monoisotopic (exact) mass is 453 g/mol. The van der Waals surface area contributed by atoms with E-state index in [9.17, 15) is 18.0 Å². The average Bonchev–Trinajstić information content (AvgIpc) is 3.25. The summed E-state index contributed by atoms with van der Waals surface area (Å²) in [4.78, 5) is 12.9. The molecule has 2 aromatic heterocycles. The number of nitrogens with one attached hydrogen (secondary N) is 1. The second-order valence-electron chi connectivity index (χ2n) is 7.83. The molecule has 0 atom stereocenters. The van der Waals surface area contributed by atoms with E-state index in [-0.39, 0.29) is 30.3 Å². The Kier molecular flexibility index (Phi) is 6.04. The molecule has 0 bridgehead atoms. The van der Waals surface area contributed by atoms with Crippen LogP contribution in [0.25, 0.3) is 5.69 Å². The highest BCUT2D eigenvalue weighted by Gasteiger charge is 2.19. The summed E-state index contributed by atoms with van der Waals surface area (Å²) in [6, 6.07) is 9.15. The first kappa shape index (κ1) is 22.3. The van der Waals surface area contributed by atoms with Crippen LogP contribution in [-0.4, -0.2) is 25.5 Å². The summed E-state index contributed by atoms with van der Waals surface area (Å²) in [6.45, 7) is 5.38. The van der Waals surface area contributed by atoms with E-state index in [1.807, 2.05) is 6.92 Å². The highest BCUT2D eigenvalue weighted by Crippen LogP contribution is 2.21. The van der Waals surface area contributed by atoms with Crippen molar-refractivity contribution in [3.05, 3.63) is 94.2 Å². The third-order valence-electron chi connectivity index (χ3n) is 5.46. The lowest BCUT2D eigenvalue weighted by Gasteiger charge is -2.11. The van der Waals surface area contributed by atoms with Crippen LogP contribution in [0.2, 0.25) is 0 Å². The van der Waals surface area contributed by atoms with E-state index in [1.54, 1.807) is 36.9 Å². The van der Waals surface area contributed by atoms with E-state index in [1.165, 1.54) is 16.8 Å². The first-order valence-corrected chi connectivity index (χ1v) is 10.3. The molecule has 0 fully saturated rings. The number of halogens is 3. The van der Waals surface area contributed by atoms with E-state index in [4.69, 9.17) is 0 Å². The largest absolute Gasteiger partial charge is 0.310 e. The van der Waals surface area contributed by atoms with Gasteiger partial charge in [-0.05, 0) is 63.2 Å². The predicted molar refractivity (Wildman–Crippen MR) is 118 cm³/mol. The molecule has 0 aliphatic heterocycles. The van der Waals surface area contributed by atoms with Gasteiger partial charge in [-0.25, -0.2) is 22.5 Å². The summed E-state index contributed by atoms with van der Waals surface area (Å²) in [5.74, 6) is -1.34. The molecule has 0 unspecified atom stereocenters. The van der Waals surface area contributed by atoms with Crippen molar-refractivity contribution < 1.29 is 18.0 Å². The van der Waals surface area contributed by atoms with Crippen molar-refractivity contribution in [3.63, 3.8) is 0 Å². The number of hydrogen-bond acceptors (Lipinski definition) is 3. The fraction of sp³-hybridized carbons (Fsp3) is 0.208. The third kappa shape index (κ3) is 4.67. The van der Waals surface area contributed by atoms with Crippen molar-refractivity contribution in [3.8, 4) is 5.69 Å². The maximum Gasteiger partial charge on any atom is 0.230 e. The zero-order chi connectivity index (χ0) is 23.7. The Bertz CT molecular complexity index is 1320. The minimum Gasteiger partial charge on any atom is -0.310 e. The summed E-state index contributed by atoms with van der Waals surface area (Å²) >= 11 is 0. The summed E-state index contributed by atoms with van der Waals surface area (Å²) in [5, 5.41) is 11.5. The summed E-state index contributed by atoms with van der Waals surface area (Å²) in [5.41, 5.74) is 3.70. The second kappa shape index (κ2) is 8.93. The first-order chi connectivity index (χ1) is 15.7. The molecule has 170 valence electrons. The van der Waals surface area contributed by atoms with Gasteiger partial charge in [0.15, 0.2) is 0 Å². The predicted octanol–water partition coefficient (Wildman–Crippen LogP) is 4.64. The molecule has 4 rings (SSSR count). The van der Waals surface area contributed by atoms with Crippen molar-refractivity contribution in [2.24, 2.45) is 0 Å². The first-order valence-electron chi connectivity index (χ1n) is 10.3. The number of benzene rings is 2. The molecule has 1 amide bonds. The van der Waals surface area contributed by atoms with Crippen LogP contribution in [-0.2, 0) is 17.8 Å². The molecular formula is C24H22F3N5O. The molecule has 0 radical (unpaired) electrons. The molecule has 0 aliphatic rings. The summed E-state index contributed by atoms with van der Waals surface area (Å²) in [6.07, 6.45) is 1.60. The molecule has 0 aliphatic carbocycles. The Morgan fingerprint density at radius 1 is 1.00 bits per heavy atom. The number of aryl methyl sites for hydroxylation is 2. The lowest BCUT2D eigenvalue weighted by Crippen LogP contribution is -2.19. The van der Waals surface area contributed by atoms with E-state index >= 15 is 0 Å². The van der Waals surface area contributed by atoms with Crippen molar-refractivity contribution >= 4 is 11.7 Å². The number of carbonyl (C=O) groups is 1. The van der Waals surface area contributed by atoms with Gasteiger partial charge in [-0.3, -0.25) is 4.79 Å². The van der Waals surface area contributed by atoms with Gasteiger partial charge in [0.25, 0.3) is 0 Å². The normalized spacial score (nSPS) is 11.1. The van der Waals surface area contributed by atoms with Gasteiger partial charge in [0.1, 0.15) is 23.3 Å². The van der Waals surface area contributed by atoms with Crippen LogP contribution in [0.1, 0.15) is 28.1 Å². The van der Waals surface area contributed by atoms with Crippen LogP contribution in [0, 0.1) is 38.2 Å². The van der Waals surface area contributed by atoms with Crippen LogP contribution >= 0.6 is 0 Å². The molecule has 0 spiro atoms. The highest BCUT2D eigenvalue weighted by atomic mass is 19.1. The van der Waals surface area contributed by atoms with Crippen molar-refractivity contribution in [1.82, 2.24) is 19.6 Å². The van der Waals surface area contributed by atoms with E-state index in [0.717, 1.165) is 29.5 Å². The van der Waals surface area contributed by atoms with Gasteiger partial charge in [-0.15, -0.1) is 0 Å². The number of amides is 1. The van der Waals surface area contributed by atoms with Gasteiger partial charge >= 0.3 is 0 Å². The fourth-order valence-electron chi connectivity index (χ4n) is 3.69. The maximum absolute atomic E-state index is 14.1. The Morgan fingerprint density at radius 2 is 1.70 bits per heavy atom. The minimum atomic E-state index is -0.554. The van der Waals surface area contributed by atoms with Crippen LogP contribution in [0.3, 0.4) is 0 Å². The molecule has 0 saturated heterocycles. The summed E-state index contributed by atoms with van der Waals surface area (Å²) < 4.78 is 44.0. The van der Waals surface area contributed by atoms with Gasteiger partial charge in [0.2, 0.25) is 5.91 Å². The highest BCUT2D eigenvalue weighted by molar-refractivity contribution is 5.92. The van der Waals surface area contributed by atoms with Crippen LogP contribution in [0.15, 0.2) is 48.7 Å². The molecule has 0 saturated carbocycles. The lowest BCUT2D eigenvalue weighted by molar-refractivity contribution is -0.115. The number of nitrogens with zero attached hydrogens (tertiary/aromatic N) is 4. The number of rotatable bonds is 6. The quantitative estimate of drug-likeness (QED) is 0.463. The maximum atomic E-state index is 14.1. The topological polar surface area (TPSA) is 64.7 Å². The number of carbonyl (C=O) groups excluding carboxylic acids is 1. The smallest absolute Gasteiger partial charge is 0.230 e. The van der Waals surface area contributed by atoms with E-state index < -0.39 is 11.6 Å². The van der Waals surface area contributed by atoms with Crippen molar-refractivity contribution in [1.29, 1.82) is 0 Å². The third-order valence-corrected chi connectivity index (χ3v) is 5.46. The number of anilines is 1. The molecule has 4 aromatic rings. The fourth-order valence-corrected chi connectivity index (χ4v) is 3.69. The second-order valence-corrected chi connectivity index (χ2v) is 7.83. The Hall–Kier alpha value is -3.88. The minimum absolute atomic E-state index is 0.0341. The van der Waals surface area contributed by atoms with E-state index in [2.05, 4.69) is 15.5 Å². The number of hydrogen-bond donors (Lipinski definition) is 1. The van der Waals surface area contributed by atoms with Crippen LogP contribution < -0.4 is 5.32 Å². The van der Waals surface area contributed by atoms with Gasteiger partial charge in [0.05, 0.1) is 30.5 Å². The molecule has 9 heteroatoms.